The molecule has 3 aromatic rings. The molecule has 5 heteroatoms. The molecule has 0 atom stereocenters. The van der Waals surface area contributed by atoms with Crippen molar-refractivity contribution in [3.05, 3.63) is 53.9 Å². The Balaban J connectivity index is 1.87. The van der Waals surface area contributed by atoms with Gasteiger partial charge in [0.2, 0.25) is 0 Å². The summed E-state index contributed by atoms with van der Waals surface area (Å²) in [7, 11) is 3.27. The fraction of sp³-hybridized carbons (Fsp3) is 0.222. The average Bonchev–Trinajstić information content (AvgIpc) is 2.59. The number of hydrogen-bond donors (Lipinski definition) is 1. The number of nitrogens with zero attached hydrogens (tertiary/aromatic N) is 2. The fourth-order valence-electron chi connectivity index (χ4n) is 2.59. The van der Waals surface area contributed by atoms with Crippen LogP contribution in [-0.4, -0.2) is 24.2 Å². The number of aromatic nitrogens is 2. The maximum Gasteiger partial charge on any atom is 0.161 e. The van der Waals surface area contributed by atoms with E-state index in [1.165, 1.54) is 0 Å². The lowest BCUT2D eigenvalue weighted by molar-refractivity contribution is 0.354. The molecule has 0 aliphatic carbocycles. The van der Waals surface area contributed by atoms with Crippen LogP contribution in [0.5, 0.6) is 11.5 Å². The molecule has 0 fully saturated rings. The minimum absolute atomic E-state index is 0.640. The Hall–Kier alpha value is -2.82. The number of hydrogen-bond acceptors (Lipinski definition) is 5. The summed E-state index contributed by atoms with van der Waals surface area (Å²) in [5, 5.41) is 4.44. The molecule has 23 heavy (non-hydrogen) atoms. The van der Waals surface area contributed by atoms with E-state index in [1.54, 1.807) is 20.5 Å². The molecule has 0 amide bonds. The van der Waals surface area contributed by atoms with Crippen LogP contribution in [0.4, 0.5) is 5.82 Å². The second-order valence-electron chi connectivity index (χ2n) is 5.23. The predicted octanol–water partition coefficient (Wildman–Crippen LogP) is 3.57. The number of fused-ring (bicyclic) bond motifs is 1. The molecule has 5 nitrogen and oxygen atoms in total. The van der Waals surface area contributed by atoms with Crippen molar-refractivity contribution in [2.75, 3.05) is 19.5 Å². The van der Waals surface area contributed by atoms with E-state index in [-0.39, 0.29) is 0 Å². The highest BCUT2D eigenvalue weighted by Gasteiger charge is 2.08. The van der Waals surface area contributed by atoms with Gasteiger partial charge in [0.15, 0.2) is 11.5 Å². The Morgan fingerprint density at radius 2 is 1.83 bits per heavy atom. The second kappa shape index (κ2) is 6.52. The zero-order valence-corrected chi connectivity index (χ0v) is 13.5. The van der Waals surface area contributed by atoms with E-state index < -0.39 is 0 Å². The van der Waals surface area contributed by atoms with Crippen LogP contribution in [0.3, 0.4) is 0 Å². The molecule has 0 unspecified atom stereocenters. The molecule has 0 saturated carbocycles. The fourth-order valence-corrected chi connectivity index (χ4v) is 2.59. The first-order valence-electron chi connectivity index (χ1n) is 7.38. The van der Waals surface area contributed by atoms with Crippen LogP contribution in [0.15, 0.2) is 42.7 Å². The molecule has 0 radical (unpaired) electrons. The maximum absolute atomic E-state index is 5.34. The summed E-state index contributed by atoms with van der Waals surface area (Å²) in [5.41, 5.74) is 3.18. The van der Waals surface area contributed by atoms with Crippen molar-refractivity contribution >= 4 is 16.7 Å². The molecular formula is C18H19N3O2. The Bertz CT molecular complexity index is 828. The third-order valence-electron chi connectivity index (χ3n) is 3.78. The Labute approximate surface area is 135 Å². The van der Waals surface area contributed by atoms with E-state index in [4.69, 9.17) is 9.47 Å². The van der Waals surface area contributed by atoms with E-state index in [0.29, 0.717) is 6.54 Å². The van der Waals surface area contributed by atoms with Crippen molar-refractivity contribution < 1.29 is 9.47 Å². The van der Waals surface area contributed by atoms with Gasteiger partial charge >= 0.3 is 0 Å². The largest absolute Gasteiger partial charge is 0.493 e. The molecule has 1 heterocycles. The molecule has 1 N–H and O–H groups in total. The van der Waals surface area contributed by atoms with Gasteiger partial charge in [0, 0.05) is 11.9 Å². The minimum atomic E-state index is 0.640. The average molecular weight is 309 g/mol. The molecule has 3 rings (SSSR count). The van der Waals surface area contributed by atoms with Crippen molar-refractivity contribution in [2.24, 2.45) is 0 Å². The number of rotatable bonds is 5. The van der Waals surface area contributed by atoms with Gasteiger partial charge in [0.05, 0.1) is 19.7 Å². The summed E-state index contributed by atoms with van der Waals surface area (Å²) >= 11 is 0. The third kappa shape index (κ3) is 3.04. The SMILES string of the molecule is COc1ccc(CNc2ncnc3cccc(C)c23)cc1OC. The van der Waals surface area contributed by atoms with Gasteiger partial charge < -0.3 is 14.8 Å². The molecule has 0 saturated heterocycles. The van der Waals surface area contributed by atoms with Gasteiger partial charge in [-0.15, -0.1) is 0 Å². The van der Waals surface area contributed by atoms with Gasteiger partial charge in [0.1, 0.15) is 12.1 Å². The highest BCUT2D eigenvalue weighted by Crippen LogP contribution is 2.28. The van der Waals surface area contributed by atoms with Crippen LogP contribution in [0.25, 0.3) is 10.9 Å². The number of aryl methyl sites for hydroxylation is 1. The van der Waals surface area contributed by atoms with Crippen molar-refractivity contribution in [3.63, 3.8) is 0 Å². The van der Waals surface area contributed by atoms with Crippen molar-refractivity contribution in [3.8, 4) is 11.5 Å². The van der Waals surface area contributed by atoms with Gasteiger partial charge in [-0.05, 0) is 36.2 Å². The summed E-state index contributed by atoms with van der Waals surface area (Å²) in [6, 6.07) is 11.9. The van der Waals surface area contributed by atoms with Crippen LogP contribution in [0, 0.1) is 6.92 Å². The first kappa shape index (κ1) is 15.1. The molecule has 0 spiro atoms. The lowest BCUT2D eigenvalue weighted by Crippen LogP contribution is -2.04. The van der Waals surface area contributed by atoms with Crippen LogP contribution in [0.1, 0.15) is 11.1 Å². The quantitative estimate of drug-likeness (QED) is 0.781. The lowest BCUT2D eigenvalue weighted by atomic mass is 10.1. The monoisotopic (exact) mass is 309 g/mol. The van der Waals surface area contributed by atoms with E-state index >= 15 is 0 Å². The van der Waals surface area contributed by atoms with Crippen LogP contribution in [0.2, 0.25) is 0 Å². The number of methoxy groups -OCH3 is 2. The Kier molecular flexibility index (Phi) is 4.28. The van der Waals surface area contributed by atoms with Gasteiger partial charge in [-0.3, -0.25) is 0 Å². The highest BCUT2D eigenvalue weighted by molar-refractivity contribution is 5.91. The topological polar surface area (TPSA) is 56.3 Å². The predicted molar refractivity (Wildman–Crippen MR) is 91.1 cm³/mol. The van der Waals surface area contributed by atoms with E-state index in [9.17, 15) is 0 Å². The normalized spacial score (nSPS) is 10.6. The van der Waals surface area contributed by atoms with Gasteiger partial charge in [-0.2, -0.15) is 0 Å². The molecule has 1 aromatic heterocycles. The smallest absolute Gasteiger partial charge is 0.161 e. The Morgan fingerprint density at radius 1 is 1.00 bits per heavy atom. The number of ether oxygens (including phenoxy) is 2. The molecular weight excluding hydrogens is 290 g/mol. The summed E-state index contributed by atoms with van der Waals surface area (Å²) < 4.78 is 10.6. The molecule has 118 valence electrons. The molecule has 0 aliphatic heterocycles. The molecule has 0 aliphatic rings. The van der Waals surface area contributed by atoms with Crippen molar-refractivity contribution in [1.82, 2.24) is 9.97 Å². The lowest BCUT2D eigenvalue weighted by Gasteiger charge is -2.12. The van der Waals surface area contributed by atoms with Crippen LogP contribution in [-0.2, 0) is 6.54 Å². The molecule has 2 aromatic carbocycles. The maximum atomic E-state index is 5.34. The zero-order chi connectivity index (χ0) is 16.2. The van der Waals surface area contributed by atoms with Gasteiger partial charge in [0.25, 0.3) is 0 Å². The summed E-state index contributed by atoms with van der Waals surface area (Å²) in [6.07, 6.45) is 1.58. The minimum Gasteiger partial charge on any atom is -0.493 e. The van der Waals surface area contributed by atoms with Crippen LogP contribution >= 0.6 is 0 Å². The third-order valence-corrected chi connectivity index (χ3v) is 3.78. The van der Waals surface area contributed by atoms with E-state index in [2.05, 4.69) is 28.3 Å². The van der Waals surface area contributed by atoms with E-state index in [0.717, 1.165) is 39.3 Å². The number of benzene rings is 2. The summed E-state index contributed by atoms with van der Waals surface area (Å²) in [6.45, 7) is 2.70. The van der Waals surface area contributed by atoms with Crippen molar-refractivity contribution in [1.29, 1.82) is 0 Å². The first-order chi connectivity index (χ1) is 11.2. The zero-order valence-electron chi connectivity index (χ0n) is 13.5. The number of anilines is 1. The van der Waals surface area contributed by atoms with Crippen molar-refractivity contribution in [2.45, 2.75) is 13.5 Å². The first-order valence-corrected chi connectivity index (χ1v) is 7.38. The van der Waals surface area contributed by atoms with Gasteiger partial charge in [-0.25, -0.2) is 9.97 Å². The Morgan fingerprint density at radius 3 is 2.61 bits per heavy atom. The molecule has 0 bridgehead atoms. The second-order valence-corrected chi connectivity index (χ2v) is 5.23. The summed E-state index contributed by atoms with van der Waals surface area (Å²) in [5.74, 6) is 2.28. The van der Waals surface area contributed by atoms with Crippen LogP contribution < -0.4 is 14.8 Å². The van der Waals surface area contributed by atoms with Gasteiger partial charge in [-0.1, -0.05) is 18.2 Å². The highest BCUT2D eigenvalue weighted by atomic mass is 16.5. The standard InChI is InChI=1S/C18H19N3O2/c1-12-5-4-6-14-17(12)18(21-11-20-14)19-10-13-7-8-15(22-2)16(9-13)23-3/h4-9,11H,10H2,1-3H3,(H,19,20,21). The number of nitrogens with one attached hydrogen (secondary N) is 1. The summed E-state index contributed by atoms with van der Waals surface area (Å²) in [4.78, 5) is 8.70. The van der Waals surface area contributed by atoms with E-state index in [1.807, 2.05) is 30.3 Å².